The summed E-state index contributed by atoms with van der Waals surface area (Å²) in [6, 6.07) is 2.61. The summed E-state index contributed by atoms with van der Waals surface area (Å²) >= 11 is 0. The predicted octanol–water partition coefficient (Wildman–Crippen LogP) is 4.50. The van der Waals surface area contributed by atoms with Crippen LogP contribution >= 0.6 is 0 Å². The molecule has 1 saturated heterocycles. The molecule has 17 heteroatoms. The second kappa shape index (κ2) is 14.4. The van der Waals surface area contributed by atoms with E-state index in [9.17, 15) is 40.8 Å². The molecular formula is C36H44F3N5O8S. The van der Waals surface area contributed by atoms with Crippen LogP contribution in [0.1, 0.15) is 84.1 Å². The summed E-state index contributed by atoms with van der Waals surface area (Å²) in [4.78, 5) is 60.3. The van der Waals surface area contributed by atoms with Crippen LogP contribution in [0.2, 0.25) is 0 Å². The number of pyridine rings is 1. The molecule has 2 aliphatic carbocycles. The monoisotopic (exact) mass is 763 g/mol. The zero-order chi connectivity index (χ0) is 38.3. The van der Waals surface area contributed by atoms with Crippen LogP contribution in [0.15, 0.2) is 42.6 Å². The standard InChI is InChI=1S/C36H44F3N5O8S/c1-34(2,3)52-33(48)41-26-13-8-6-4-5-7-10-21-19-35(21,32(47)43-53(49,50)23-14-15-23)42-30(45)27-18-22(20-44(27)31(26)46)51-28-16-17-40-29-24(28)11-9-12-25(29)36(37,38)39/h7,9-12,16-17,21-23,26-27H,4-6,8,13-15,18-20H2,1-3H3,(H,41,48)(H,42,45)(H,43,47)/t21?,22-,26+,27+,35-/m1/s1. The molecule has 53 heavy (non-hydrogen) atoms. The molecule has 2 aromatic rings. The van der Waals surface area contributed by atoms with Crippen LogP contribution in [0, 0.1) is 5.92 Å². The Labute approximate surface area is 305 Å². The smallest absolute Gasteiger partial charge is 0.418 e. The number of fused-ring (bicyclic) bond motifs is 3. The van der Waals surface area contributed by atoms with Gasteiger partial charge in [0.2, 0.25) is 21.8 Å². The molecule has 3 fully saturated rings. The number of benzene rings is 1. The van der Waals surface area contributed by atoms with Crippen molar-refractivity contribution in [2.24, 2.45) is 5.92 Å². The highest BCUT2D eigenvalue weighted by molar-refractivity contribution is 7.91. The second-order valence-corrected chi connectivity index (χ2v) is 17.2. The number of alkyl halides is 3. The molecule has 2 saturated carbocycles. The van der Waals surface area contributed by atoms with Crippen LogP contribution in [0.3, 0.4) is 0 Å². The molecule has 0 spiro atoms. The number of halogens is 3. The van der Waals surface area contributed by atoms with Gasteiger partial charge in [0.1, 0.15) is 35.1 Å². The molecule has 6 rings (SSSR count). The molecule has 4 aliphatic rings. The number of carbonyl (C=O) groups excluding carboxylic acids is 4. The van der Waals surface area contributed by atoms with Gasteiger partial charge < -0.3 is 25.0 Å². The Balaban J connectivity index is 1.32. The van der Waals surface area contributed by atoms with Crippen molar-refractivity contribution in [2.45, 2.75) is 119 Å². The summed E-state index contributed by atoms with van der Waals surface area (Å²) in [6.45, 7) is 4.84. The molecule has 3 heterocycles. The fraction of sp³-hybridized carbons (Fsp3) is 0.583. The van der Waals surface area contributed by atoms with Gasteiger partial charge in [0.05, 0.1) is 22.9 Å². The normalized spacial score (nSPS) is 27.1. The maximum absolute atomic E-state index is 14.4. The van der Waals surface area contributed by atoms with Crippen LogP contribution in [0.25, 0.3) is 10.9 Å². The molecule has 288 valence electrons. The van der Waals surface area contributed by atoms with Gasteiger partial charge in [-0.3, -0.25) is 24.1 Å². The van der Waals surface area contributed by atoms with Crippen LogP contribution in [-0.4, -0.2) is 83.2 Å². The van der Waals surface area contributed by atoms with E-state index in [1.807, 2.05) is 6.08 Å². The molecule has 1 aromatic heterocycles. The highest BCUT2D eigenvalue weighted by Gasteiger charge is 2.62. The Morgan fingerprint density at radius 2 is 1.81 bits per heavy atom. The van der Waals surface area contributed by atoms with E-state index in [0.29, 0.717) is 32.1 Å². The molecule has 1 unspecified atom stereocenters. The number of rotatable bonds is 6. The van der Waals surface area contributed by atoms with Crippen molar-refractivity contribution < 1.29 is 50.2 Å². The second-order valence-electron chi connectivity index (χ2n) is 15.2. The molecular weight excluding hydrogens is 719 g/mol. The van der Waals surface area contributed by atoms with Crippen molar-refractivity contribution in [2.75, 3.05) is 6.54 Å². The van der Waals surface area contributed by atoms with Gasteiger partial charge in [-0.2, -0.15) is 13.2 Å². The molecule has 5 atom stereocenters. The Bertz CT molecular complexity index is 1910. The third-order valence-electron chi connectivity index (χ3n) is 9.86. The van der Waals surface area contributed by atoms with Crippen molar-refractivity contribution in [1.29, 1.82) is 0 Å². The van der Waals surface area contributed by atoms with E-state index in [-0.39, 0.29) is 42.5 Å². The number of para-hydroxylation sites is 1. The summed E-state index contributed by atoms with van der Waals surface area (Å²) in [6.07, 6.45) is 2.13. The average molecular weight is 764 g/mol. The van der Waals surface area contributed by atoms with Gasteiger partial charge in [0.25, 0.3) is 5.91 Å². The van der Waals surface area contributed by atoms with Crippen molar-refractivity contribution in [3.8, 4) is 5.75 Å². The first-order valence-electron chi connectivity index (χ1n) is 17.8. The van der Waals surface area contributed by atoms with E-state index >= 15 is 0 Å². The minimum Gasteiger partial charge on any atom is -0.488 e. The lowest BCUT2D eigenvalue weighted by molar-refractivity contribution is -0.141. The lowest BCUT2D eigenvalue weighted by Crippen LogP contribution is -2.58. The third-order valence-corrected chi connectivity index (χ3v) is 11.7. The van der Waals surface area contributed by atoms with Gasteiger partial charge in [-0.15, -0.1) is 0 Å². The number of sulfonamides is 1. The molecule has 1 aromatic carbocycles. The van der Waals surface area contributed by atoms with Gasteiger partial charge in [0.15, 0.2) is 0 Å². The largest absolute Gasteiger partial charge is 0.488 e. The van der Waals surface area contributed by atoms with Gasteiger partial charge >= 0.3 is 12.3 Å². The summed E-state index contributed by atoms with van der Waals surface area (Å²) < 4.78 is 80.8. The van der Waals surface area contributed by atoms with Crippen molar-refractivity contribution >= 4 is 44.7 Å². The Morgan fingerprint density at radius 3 is 2.51 bits per heavy atom. The molecule has 13 nitrogen and oxygen atoms in total. The third kappa shape index (κ3) is 8.71. The minimum absolute atomic E-state index is 0.0543. The maximum Gasteiger partial charge on any atom is 0.418 e. The Morgan fingerprint density at radius 1 is 1.06 bits per heavy atom. The topological polar surface area (TPSA) is 173 Å². The van der Waals surface area contributed by atoms with Crippen molar-refractivity contribution in [3.05, 3.63) is 48.2 Å². The molecule has 4 amide bonds. The lowest BCUT2D eigenvalue weighted by Gasteiger charge is -2.30. The zero-order valence-corrected chi connectivity index (χ0v) is 30.5. The van der Waals surface area contributed by atoms with Crippen molar-refractivity contribution in [3.63, 3.8) is 0 Å². The molecule has 3 N–H and O–H groups in total. The number of hydrogen-bond acceptors (Lipinski definition) is 9. The summed E-state index contributed by atoms with van der Waals surface area (Å²) in [7, 11) is -3.95. The van der Waals surface area contributed by atoms with Crippen molar-refractivity contribution in [1.82, 2.24) is 25.2 Å². The number of allylic oxidation sites excluding steroid dienone is 1. The molecule has 0 radical (unpaired) electrons. The summed E-state index contributed by atoms with van der Waals surface area (Å²) in [5.74, 6) is -2.68. The lowest BCUT2D eigenvalue weighted by atomic mass is 10.0. The van der Waals surface area contributed by atoms with E-state index in [4.69, 9.17) is 9.47 Å². The maximum atomic E-state index is 14.4. The number of hydrogen-bond donors (Lipinski definition) is 3. The quantitative estimate of drug-likeness (QED) is 0.358. The summed E-state index contributed by atoms with van der Waals surface area (Å²) in [5.41, 5.74) is -3.74. The Hall–Kier alpha value is -4.41. The fourth-order valence-corrected chi connectivity index (χ4v) is 8.32. The highest BCUT2D eigenvalue weighted by Crippen LogP contribution is 2.46. The SMILES string of the molecule is CC(C)(C)OC(=O)N[C@H]1CCCCCC=CC2C[C@@]2(C(=O)NS(=O)(=O)C2CC2)NC(=O)[C@@H]2C[C@@H](Oc3ccnc4c(C(F)(F)F)cccc34)CN2C1=O. The minimum atomic E-state index is -4.68. The van der Waals surface area contributed by atoms with Crippen LogP contribution in [0.5, 0.6) is 5.75 Å². The number of ether oxygens (including phenoxy) is 2. The Kier molecular flexibility index (Phi) is 10.4. The predicted molar refractivity (Wildman–Crippen MR) is 186 cm³/mol. The van der Waals surface area contributed by atoms with E-state index in [2.05, 4.69) is 20.3 Å². The highest BCUT2D eigenvalue weighted by atomic mass is 32.2. The number of nitrogens with zero attached hydrogens (tertiary/aromatic N) is 2. The van der Waals surface area contributed by atoms with Gasteiger partial charge in [-0.05, 0) is 77.5 Å². The fourth-order valence-electron chi connectivity index (χ4n) is 6.96. The average Bonchev–Trinajstić information content (AvgIpc) is 3.99. The first-order chi connectivity index (χ1) is 24.9. The van der Waals surface area contributed by atoms with Crippen LogP contribution < -0.4 is 20.1 Å². The molecule has 2 aliphatic heterocycles. The number of alkyl carbamates (subject to hydrolysis) is 1. The number of aromatic nitrogens is 1. The van der Waals surface area contributed by atoms with Gasteiger partial charge in [0, 0.05) is 23.9 Å². The van der Waals surface area contributed by atoms with Crippen LogP contribution in [0.4, 0.5) is 18.0 Å². The zero-order valence-electron chi connectivity index (χ0n) is 29.7. The van der Waals surface area contributed by atoms with Crippen LogP contribution in [-0.2, 0) is 35.3 Å². The van der Waals surface area contributed by atoms with E-state index in [0.717, 1.165) is 12.5 Å². The summed E-state index contributed by atoms with van der Waals surface area (Å²) in [5, 5.41) is 4.82. The molecule has 0 bridgehead atoms. The first-order valence-corrected chi connectivity index (χ1v) is 19.4. The van der Waals surface area contributed by atoms with E-state index in [1.54, 1.807) is 26.8 Å². The van der Waals surface area contributed by atoms with E-state index < -0.39 is 86.1 Å². The number of amides is 4. The number of nitrogens with one attached hydrogen (secondary N) is 3. The first kappa shape index (κ1) is 38.3. The van der Waals surface area contributed by atoms with Gasteiger partial charge in [-0.1, -0.05) is 31.1 Å². The number of carbonyl (C=O) groups is 4. The van der Waals surface area contributed by atoms with Gasteiger partial charge in [-0.25, -0.2) is 13.2 Å². The van der Waals surface area contributed by atoms with E-state index in [1.165, 1.54) is 29.3 Å².